The van der Waals surface area contributed by atoms with Crippen molar-refractivity contribution in [3.8, 4) is 0 Å². The van der Waals surface area contributed by atoms with E-state index in [-0.39, 0.29) is 6.09 Å². The minimum absolute atomic E-state index is 0.241. The highest BCUT2D eigenvalue weighted by Gasteiger charge is 2.26. The number of aromatic nitrogens is 1. The summed E-state index contributed by atoms with van der Waals surface area (Å²) >= 11 is 6.45. The normalized spacial score (nSPS) is 15.4. The number of ether oxygens (including phenoxy) is 1. The summed E-state index contributed by atoms with van der Waals surface area (Å²) in [6.45, 7) is 10.6. The first-order valence-electron chi connectivity index (χ1n) is 9.09. The van der Waals surface area contributed by atoms with Crippen LogP contribution in [0, 0.1) is 0 Å². The summed E-state index contributed by atoms with van der Waals surface area (Å²) in [7, 11) is 0. The highest BCUT2D eigenvalue weighted by Crippen LogP contribution is 2.28. The molecule has 0 unspecified atom stereocenters. The van der Waals surface area contributed by atoms with Gasteiger partial charge in [-0.1, -0.05) is 18.5 Å². The largest absolute Gasteiger partial charge is 0.444 e. The van der Waals surface area contributed by atoms with E-state index >= 15 is 0 Å². The Morgan fingerprint density at radius 1 is 1.19 bits per heavy atom. The number of aryl methyl sites for hydroxylation is 1. The lowest BCUT2D eigenvalue weighted by Crippen LogP contribution is -2.50. The van der Waals surface area contributed by atoms with Crippen LogP contribution >= 0.6 is 11.6 Å². The fraction of sp³-hybridized carbons (Fsp3) is 0.500. The second kappa shape index (κ2) is 7.31. The summed E-state index contributed by atoms with van der Waals surface area (Å²) in [6.07, 6.45) is 0.624. The first-order valence-corrected chi connectivity index (χ1v) is 9.46. The minimum atomic E-state index is -0.465. The lowest BCUT2D eigenvalue weighted by atomic mass is 10.1. The quantitative estimate of drug-likeness (QED) is 0.774. The van der Waals surface area contributed by atoms with Gasteiger partial charge in [-0.25, -0.2) is 4.79 Å². The number of hydrogen-bond donors (Lipinski definition) is 0. The molecule has 0 radical (unpaired) electrons. The van der Waals surface area contributed by atoms with Crippen molar-refractivity contribution in [2.75, 3.05) is 31.1 Å². The predicted octanol–water partition coefficient (Wildman–Crippen LogP) is 4.51. The third-order valence-corrected chi connectivity index (χ3v) is 4.77. The van der Waals surface area contributed by atoms with E-state index in [0.717, 1.165) is 46.8 Å². The topological polar surface area (TPSA) is 45.7 Å². The maximum Gasteiger partial charge on any atom is 0.410 e. The Labute approximate surface area is 159 Å². The number of nitrogens with zero attached hydrogens (tertiary/aromatic N) is 3. The van der Waals surface area contributed by atoms with Gasteiger partial charge in [0.05, 0.1) is 10.5 Å². The maximum absolute atomic E-state index is 12.2. The number of fused-ring (bicyclic) bond motifs is 1. The van der Waals surface area contributed by atoms with Crippen molar-refractivity contribution in [3.05, 3.63) is 35.0 Å². The lowest BCUT2D eigenvalue weighted by Gasteiger charge is -2.36. The molecule has 6 heteroatoms. The zero-order valence-corrected chi connectivity index (χ0v) is 16.6. The predicted molar refractivity (Wildman–Crippen MR) is 106 cm³/mol. The van der Waals surface area contributed by atoms with Crippen LogP contribution in [-0.4, -0.2) is 47.8 Å². The fourth-order valence-corrected chi connectivity index (χ4v) is 3.35. The van der Waals surface area contributed by atoms with Gasteiger partial charge in [0.25, 0.3) is 0 Å². The zero-order valence-electron chi connectivity index (χ0n) is 15.9. The summed E-state index contributed by atoms with van der Waals surface area (Å²) in [5, 5.41) is 1.71. The Morgan fingerprint density at radius 2 is 1.88 bits per heavy atom. The van der Waals surface area contributed by atoms with Gasteiger partial charge in [-0.3, -0.25) is 4.98 Å². The van der Waals surface area contributed by atoms with Crippen LogP contribution in [0.2, 0.25) is 5.02 Å². The number of benzene rings is 1. The van der Waals surface area contributed by atoms with E-state index in [9.17, 15) is 4.79 Å². The summed E-state index contributed by atoms with van der Waals surface area (Å²) in [6, 6.07) is 8.13. The van der Waals surface area contributed by atoms with Crippen molar-refractivity contribution in [3.63, 3.8) is 0 Å². The average Bonchev–Trinajstić information content (AvgIpc) is 2.60. The van der Waals surface area contributed by atoms with Crippen molar-refractivity contribution in [1.29, 1.82) is 0 Å². The second-order valence-corrected chi connectivity index (χ2v) is 8.01. The van der Waals surface area contributed by atoms with Gasteiger partial charge < -0.3 is 14.5 Å². The Balaban J connectivity index is 1.71. The average molecular weight is 376 g/mol. The van der Waals surface area contributed by atoms with Crippen LogP contribution in [0.25, 0.3) is 10.9 Å². The van der Waals surface area contributed by atoms with E-state index in [1.54, 1.807) is 4.90 Å². The number of halogens is 1. The Morgan fingerprint density at radius 3 is 2.50 bits per heavy atom. The molecule has 1 aliphatic heterocycles. The number of hydrogen-bond acceptors (Lipinski definition) is 4. The van der Waals surface area contributed by atoms with Crippen LogP contribution in [-0.2, 0) is 11.2 Å². The van der Waals surface area contributed by atoms with Gasteiger partial charge in [-0.2, -0.15) is 0 Å². The van der Waals surface area contributed by atoms with Crippen LogP contribution in [0.1, 0.15) is 33.4 Å². The van der Waals surface area contributed by atoms with Crippen molar-refractivity contribution in [2.45, 2.75) is 39.7 Å². The molecule has 0 atom stereocenters. The molecule has 0 bridgehead atoms. The van der Waals surface area contributed by atoms with Crippen molar-refractivity contribution in [1.82, 2.24) is 9.88 Å². The molecule has 0 saturated carbocycles. The van der Waals surface area contributed by atoms with Crippen molar-refractivity contribution < 1.29 is 9.53 Å². The molecule has 2 aromatic rings. The number of anilines is 1. The van der Waals surface area contributed by atoms with E-state index in [2.05, 4.69) is 28.9 Å². The number of amides is 1. The molecule has 26 heavy (non-hydrogen) atoms. The van der Waals surface area contributed by atoms with Gasteiger partial charge in [0.15, 0.2) is 0 Å². The van der Waals surface area contributed by atoms with Gasteiger partial charge in [0.2, 0.25) is 0 Å². The summed E-state index contributed by atoms with van der Waals surface area (Å²) in [5.74, 6) is 0. The van der Waals surface area contributed by atoms with Crippen molar-refractivity contribution >= 4 is 34.3 Å². The monoisotopic (exact) mass is 375 g/mol. The SMILES string of the molecule is CCc1cc(Cl)c2cc(N3CCN(C(=O)OC(C)(C)C)CC3)ccc2n1. The smallest absolute Gasteiger partial charge is 0.410 e. The van der Waals surface area contributed by atoms with Crippen molar-refractivity contribution in [2.24, 2.45) is 0 Å². The molecule has 1 fully saturated rings. The van der Waals surface area contributed by atoms with Crippen LogP contribution in [0.3, 0.4) is 0 Å². The van der Waals surface area contributed by atoms with Gasteiger partial charge >= 0.3 is 6.09 Å². The van der Waals surface area contributed by atoms with Crippen LogP contribution in [0.4, 0.5) is 10.5 Å². The van der Waals surface area contributed by atoms with Crippen LogP contribution in [0.15, 0.2) is 24.3 Å². The molecule has 1 aromatic heterocycles. The molecule has 1 aliphatic rings. The molecule has 1 aromatic carbocycles. The molecule has 140 valence electrons. The Hall–Kier alpha value is -2.01. The van der Waals surface area contributed by atoms with Crippen LogP contribution in [0.5, 0.6) is 0 Å². The van der Waals surface area contributed by atoms with Gasteiger partial charge in [-0.15, -0.1) is 0 Å². The first-order chi connectivity index (χ1) is 12.3. The molecule has 5 nitrogen and oxygen atoms in total. The number of carbonyl (C=O) groups excluding carboxylic acids is 1. The molecule has 0 N–H and O–H groups in total. The van der Waals surface area contributed by atoms with Crippen LogP contribution < -0.4 is 4.90 Å². The molecule has 0 aliphatic carbocycles. The van der Waals surface area contributed by atoms with E-state index in [0.29, 0.717) is 13.1 Å². The lowest BCUT2D eigenvalue weighted by molar-refractivity contribution is 0.0240. The summed E-state index contributed by atoms with van der Waals surface area (Å²) in [5.41, 5.74) is 2.56. The first kappa shape index (κ1) is 18.8. The third kappa shape index (κ3) is 4.21. The maximum atomic E-state index is 12.2. The van der Waals surface area contributed by atoms with E-state index in [1.165, 1.54) is 0 Å². The van der Waals surface area contributed by atoms with E-state index in [4.69, 9.17) is 16.3 Å². The van der Waals surface area contributed by atoms with E-state index in [1.807, 2.05) is 32.9 Å². The molecule has 1 amide bonds. The Bertz CT molecular complexity index is 809. The zero-order chi connectivity index (χ0) is 18.9. The number of piperazine rings is 1. The summed E-state index contributed by atoms with van der Waals surface area (Å²) in [4.78, 5) is 20.9. The Kier molecular flexibility index (Phi) is 5.28. The van der Waals surface area contributed by atoms with Gasteiger partial charge in [0, 0.05) is 42.9 Å². The minimum Gasteiger partial charge on any atom is -0.444 e. The molecular formula is C20H26ClN3O2. The highest BCUT2D eigenvalue weighted by atomic mass is 35.5. The third-order valence-electron chi connectivity index (χ3n) is 4.45. The molecule has 2 heterocycles. The summed E-state index contributed by atoms with van der Waals surface area (Å²) < 4.78 is 5.46. The number of rotatable bonds is 2. The number of pyridine rings is 1. The van der Waals surface area contributed by atoms with Gasteiger partial charge in [-0.05, 0) is 51.5 Å². The molecule has 1 saturated heterocycles. The molecule has 0 spiro atoms. The molecular weight excluding hydrogens is 350 g/mol. The highest BCUT2D eigenvalue weighted by molar-refractivity contribution is 6.35. The van der Waals surface area contributed by atoms with E-state index < -0.39 is 5.60 Å². The van der Waals surface area contributed by atoms with Gasteiger partial charge in [0.1, 0.15) is 5.60 Å². The second-order valence-electron chi connectivity index (χ2n) is 7.60. The molecule has 3 rings (SSSR count). The standard InChI is InChI=1S/C20H26ClN3O2/c1-5-14-12-17(21)16-13-15(6-7-18(16)22-14)23-8-10-24(11-9-23)19(25)26-20(2,3)4/h6-7,12-13H,5,8-11H2,1-4H3. The fourth-order valence-electron chi connectivity index (χ4n) is 3.08. The number of carbonyl (C=O) groups is 1.